The van der Waals surface area contributed by atoms with Crippen LogP contribution in [0.1, 0.15) is 6.92 Å². The van der Waals surface area contributed by atoms with E-state index in [0.717, 1.165) is 0 Å². The number of aliphatic hydroxyl groups is 1. The van der Waals surface area contributed by atoms with Gasteiger partial charge in [0.15, 0.2) is 0 Å². The number of hydrogen-bond acceptors (Lipinski definition) is 5. The van der Waals surface area contributed by atoms with E-state index in [1.165, 1.54) is 6.92 Å². The maximum atomic E-state index is 10.4. The van der Waals surface area contributed by atoms with Crippen LogP contribution in [0, 0.1) is 0 Å². The van der Waals surface area contributed by atoms with Crippen molar-refractivity contribution >= 4 is 11.9 Å². The standard InChI is InChI=1S/C5H9NO4.Zn/c1-3(7)5(9)10-4(8)2-6;/h3,7H,2,6H2,1H3;. The summed E-state index contributed by atoms with van der Waals surface area (Å²) < 4.78 is 4.01. The molecule has 0 aromatic rings. The van der Waals surface area contributed by atoms with E-state index >= 15 is 0 Å². The minimum Gasteiger partial charge on any atom is -0.390 e. The van der Waals surface area contributed by atoms with E-state index in [-0.39, 0.29) is 26.0 Å². The van der Waals surface area contributed by atoms with Gasteiger partial charge in [-0.2, -0.15) is 0 Å². The third-order valence-electron chi connectivity index (χ3n) is 0.722. The first-order valence-corrected chi connectivity index (χ1v) is 2.70. The molecule has 0 heterocycles. The van der Waals surface area contributed by atoms with E-state index in [2.05, 4.69) is 4.74 Å². The van der Waals surface area contributed by atoms with Crippen LogP contribution in [0.5, 0.6) is 0 Å². The van der Waals surface area contributed by atoms with Crippen molar-refractivity contribution in [3.05, 3.63) is 0 Å². The first kappa shape index (κ1) is 13.3. The van der Waals surface area contributed by atoms with Crippen molar-refractivity contribution in [2.45, 2.75) is 13.0 Å². The van der Waals surface area contributed by atoms with Crippen molar-refractivity contribution in [2.75, 3.05) is 6.54 Å². The Labute approximate surface area is 76.7 Å². The number of rotatable bonds is 2. The molecule has 0 fully saturated rings. The van der Waals surface area contributed by atoms with Crippen molar-refractivity contribution in [3.63, 3.8) is 0 Å². The Bertz CT molecular complexity index is 147. The molecule has 0 aliphatic carbocycles. The van der Waals surface area contributed by atoms with Crippen LogP contribution in [0.2, 0.25) is 0 Å². The van der Waals surface area contributed by atoms with Gasteiger partial charge in [0.1, 0.15) is 6.10 Å². The predicted molar refractivity (Wildman–Crippen MR) is 31.8 cm³/mol. The molecule has 0 rings (SSSR count). The zero-order valence-electron chi connectivity index (χ0n) is 6.24. The van der Waals surface area contributed by atoms with Gasteiger partial charge < -0.3 is 15.6 Å². The first-order valence-electron chi connectivity index (χ1n) is 2.70. The molecule has 0 aromatic heterocycles. The summed E-state index contributed by atoms with van der Waals surface area (Å²) in [6.07, 6.45) is -1.28. The molecule has 0 radical (unpaired) electrons. The van der Waals surface area contributed by atoms with E-state index in [9.17, 15) is 9.59 Å². The Morgan fingerprint density at radius 1 is 1.64 bits per heavy atom. The smallest absolute Gasteiger partial charge is 0.342 e. The van der Waals surface area contributed by atoms with Gasteiger partial charge in [0.25, 0.3) is 0 Å². The minimum atomic E-state index is -1.28. The average molecular weight is 213 g/mol. The summed E-state index contributed by atoms with van der Waals surface area (Å²) in [5, 5.41) is 8.50. The van der Waals surface area contributed by atoms with Crippen LogP contribution < -0.4 is 5.73 Å². The van der Waals surface area contributed by atoms with Crippen LogP contribution in [0.15, 0.2) is 0 Å². The van der Waals surface area contributed by atoms with Gasteiger partial charge in [-0.3, -0.25) is 4.79 Å². The van der Waals surface area contributed by atoms with Crippen molar-refractivity contribution in [3.8, 4) is 0 Å². The summed E-state index contributed by atoms with van der Waals surface area (Å²) >= 11 is 0. The third-order valence-corrected chi connectivity index (χ3v) is 0.722. The van der Waals surface area contributed by atoms with E-state index in [0.29, 0.717) is 0 Å². The van der Waals surface area contributed by atoms with Crippen LogP contribution >= 0.6 is 0 Å². The summed E-state index contributed by atoms with van der Waals surface area (Å²) in [6.45, 7) is 0.838. The van der Waals surface area contributed by atoms with Gasteiger partial charge in [0.2, 0.25) is 0 Å². The second-order valence-electron chi connectivity index (χ2n) is 1.67. The minimum absolute atomic E-state index is 0. The number of carbonyl (C=O) groups is 2. The second kappa shape index (κ2) is 6.40. The summed E-state index contributed by atoms with van der Waals surface area (Å²) in [5.41, 5.74) is 4.81. The molecule has 1 unspecified atom stereocenters. The van der Waals surface area contributed by atoms with Crippen LogP contribution in [0.4, 0.5) is 0 Å². The molecule has 0 saturated carbocycles. The van der Waals surface area contributed by atoms with E-state index in [4.69, 9.17) is 10.8 Å². The Hall–Kier alpha value is -0.317. The number of nitrogens with two attached hydrogens (primary N) is 1. The largest absolute Gasteiger partial charge is 0.390 e. The van der Waals surface area contributed by atoms with E-state index in [1.807, 2.05) is 0 Å². The Morgan fingerprint density at radius 2 is 2.09 bits per heavy atom. The van der Waals surface area contributed by atoms with Gasteiger partial charge >= 0.3 is 11.9 Å². The molecule has 3 N–H and O–H groups in total. The fourth-order valence-electron chi connectivity index (χ4n) is 0.239. The third kappa shape index (κ3) is 6.10. The molecular formula is C5H9NO4Zn. The Morgan fingerprint density at radius 3 is 2.36 bits per heavy atom. The number of esters is 2. The molecule has 6 heteroatoms. The molecular weight excluding hydrogens is 203 g/mol. The van der Waals surface area contributed by atoms with Crippen LogP contribution in [-0.2, 0) is 33.8 Å². The number of ether oxygens (including phenoxy) is 1. The second-order valence-corrected chi connectivity index (χ2v) is 1.67. The van der Waals surface area contributed by atoms with Crippen molar-refractivity contribution in [1.29, 1.82) is 0 Å². The van der Waals surface area contributed by atoms with Crippen LogP contribution in [0.3, 0.4) is 0 Å². The van der Waals surface area contributed by atoms with E-state index in [1.54, 1.807) is 0 Å². The topological polar surface area (TPSA) is 89.6 Å². The van der Waals surface area contributed by atoms with Crippen molar-refractivity contribution in [1.82, 2.24) is 0 Å². The van der Waals surface area contributed by atoms with Crippen molar-refractivity contribution < 1.29 is 38.9 Å². The van der Waals surface area contributed by atoms with Crippen LogP contribution in [-0.4, -0.2) is 29.7 Å². The monoisotopic (exact) mass is 211 g/mol. The number of carbonyl (C=O) groups excluding carboxylic acids is 2. The Kier molecular flexibility index (Phi) is 7.73. The van der Waals surface area contributed by atoms with Gasteiger partial charge in [0, 0.05) is 19.5 Å². The van der Waals surface area contributed by atoms with E-state index < -0.39 is 18.0 Å². The fourth-order valence-corrected chi connectivity index (χ4v) is 0.239. The van der Waals surface area contributed by atoms with Gasteiger partial charge in [-0.1, -0.05) is 0 Å². The molecule has 5 nitrogen and oxygen atoms in total. The molecule has 60 valence electrons. The summed E-state index contributed by atoms with van der Waals surface area (Å²) in [7, 11) is 0. The predicted octanol–water partition coefficient (Wildman–Crippen LogP) is -1.61. The number of aliphatic hydroxyl groups excluding tert-OH is 1. The molecule has 0 saturated heterocycles. The quantitative estimate of drug-likeness (QED) is 0.327. The zero-order valence-corrected chi connectivity index (χ0v) is 9.21. The molecule has 1 atom stereocenters. The molecule has 11 heavy (non-hydrogen) atoms. The van der Waals surface area contributed by atoms with Gasteiger partial charge in [-0.25, -0.2) is 4.79 Å². The fraction of sp³-hybridized carbons (Fsp3) is 0.600. The molecule has 0 bridgehead atoms. The molecule has 0 spiro atoms. The first-order chi connectivity index (χ1) is 4.57. The zero-order chi connectivity index (χ0) is 8.15. The Balaban J connectivity index is 0. The van der Waals surface area contributed by atoms with Gasteiger partial charge in [-0.05, 0) is 6.92 Å². The van der Waals surface area contributed by atoms with Gasteiger partial charge in [0.05, 0.1) is 6.54 Å². The van der Waals surface area contributed by atoms with Gasteiger partial charge in [-0.15, -0.1) is 0 Å². The summed E-state index contributed by atoms with van der Waals surface area (Å²) in [5.74, 6) is -1.82. The normalized spacial score (nSPS) is 11.2. The average Bonchev–Trinajstić information content (AvgIpc) is 1.87. The molecule has 0 aliphatic rings. The summed E-state index contributed by atoms with van der Waals surface area (Å²) in [6, 6.07) is 0. The molecule has 0 aliphatic heterocycles. The molecule has 0 aromatic carbocycles. The maximum absolute atomic E-state index is 10.4. The number of hydrogen-bond donors (Lipinski definition) is 2. The van der Waals surface area contributed by atoms with Crippen molar-refractivity contribution in [2.24, 2.45) is 5.73 Å². The molecule has 0 amide bonds. The maximum Gasteiger partial charge on any atom is 0.342 e. The van der Waals surface area contributed by atoms with Crippen LogP contribution in [0.25, 0.3) is 0 Å². The SMILES string of the molecule is CC(O)C(=O)OC(=O)CN.[Zn]. The summed E-state index contributed by atoms with van der Waals surface area (Å²) in [4.78, 5) is 20.6.